The first kappa shape index (κ1) is 20.9. The zero-order valence-corrected chi connectivity index (χ0v) is 19.3. The molecule has 0 saturated carbocycles. The molecule has 4 aromatic rings. The van der Waals surface area contributed by atoms with Gasteiger partial charge in [0.2, 0.25) is 0 Å². The number of pyridine rings is 1. The fourth-order valence-electron chi connectivity index (χ4n) is 3.71. The van der Waals surface area contributed by atoms with E-state index in [2.05, 4.69) is 9.97 Å². The van der Waals surface area contributed by atoms with Crippen LogP contribution >= 0.6 is 34.5 Å². The molecule has 1 amide bonds. The van der Waals surface area contributed by atoms with Crippen LogP contribution in [-0.2, 0) is 13.1 Å². The fourth-order valence-corrected chi connectivity index (χ4v) is 5.11. The summed E-state index contributed by atoms with van der Waals surface area (Å²) < 4.78 is 3.22. The molecular weight excluding hydrogens is 469 g/mol. The lowest BCUT2D eigenvalue weighted by Crippen LogP contribution is -2.44. The van der Waals surface area contributed by atoms with Gasteiger partial charge in [0.1, 0.15) is 16.4 Å². The van der Waals surface area contributed by atoms with E-state index in [9.17, 15) is 9.59 Å². The highest BCUT2D eigenvalue weighted by atomic mass is 35.5. The Kier molecular flexibility index (Phi) is 5.36. The van der Waals surface area contributed by atoms with E-state index in [0.29, 0.717) is 41.1 Å². The molecule has 0 atom stereocenters. The van der Waals surface area contributed by atoms with Crippen LogP contribution in [0, 0.1) is 6.92 Å². The molecule has 0 aliphatic carbocycles. The number of imidazole rings is 1. The van der Waals surface area contributed by atoms with Crippen LogP contribution in [0.15, 0.2) is 53.8 Å². The van der Waals surface area contributed by atoms with E-state index >= 15 is 0 Å². The first-order valence-electron chi connectivity index (χ1n) is 9.85. The molecule has 0 N–H and O–H groups in total. The van der Waals surface area contributed by atoms with Gasteiger partial charge in [-0.1, -0.05) is 23.2 Å². The number of benzene rings is 1. The molecule has 7 nitrogen and oxygen atoms in total. The van der Waals surface area contributed by atoms with Crippen molar-refractivity contribution < 1.29 is 4.79 Å². The summed E-state index contributed by atoms with van der Waals surface area (Å²) in [6, 6.07) is 8.61. The second-order valence-corrected chi connectivity index (χ2v) is 9.42. The van der Waals surface area contributed by atoms with Gasteiger partial charge in [-0.15, -0.1) is 11.3 Å². The average molecular weight is 486 g/mol. The lowest BCUT2D eigenvalue weighted by atomic mass is 10.2. The highest BCUT2D eigenvalue weighted by Crippen LogP contribution is 2.33. The monoisotopic (exact) mass is 485 g/mol. The van der Waals surface area contributed by atoms with Gasteiger partial charge >= 0.3 is 0 Å². The minimum atomic E-state index is -0.205. The molecule has 1 aliphatic heterocycles. The van der Waals surface area contributed by atoms with Crippen LogP contribution in [0.1, 0.15) is 21.1 Å². The highest BCUT2D eigenvalue weighted by molar-refractivity contribution is 7.15. The van der Waals surface area contributed by atoms with Crippen molar-refractivity contribution in [1.82, 2.24) is 24.0 Å². The molecule has 0 fully saturated rings. The number of fused-ring (bicyclic) bond motifs is 1. The third-order valence-electron chi connectivity index (χ3n) is 5.30. The summed E-state index contributed by atoms with van der Waals surface area (Å²) in [5, 5.41) is 1.90. The summed E-state index contributed by atoms with van der Waals surface area (Å²) in [6.45, 7) is 3.13. The molecule has 5 rings (SSSR count). The lowest BCUT2D eigenvalue weighted by Gasteiger charge is -2.29. The van der Waals surface area contributed by atoms with Crippen molar-refractivity contribution in [2.24, 2.45) is 0 Å². The maximum absolute atomic E-state index is 13.1. The molecule has 3 aromatic heterocycles. The second kappa shape index (κ2) is 8.20. The van der Waals surface area contributed by atoms with E-state index in [0.717, 1.165) is 21.1 Å². The van der Waals surface area contributed by atoms with Crippen molar-refractivity contribution in [3.8, 4) is 16.3 Å². The van der Waals surface area contributed by atoms with Crippen molar-refractivity contribution in [3.63, 3.8) is 0 Å². The maximum Gasteiger partial charge on any atom is 0.275 e. The summed E-state index contributed by atoms with van der Waals surface area (Å²) >= 11 is 13.8. The van der Waals surface area contributed by atoms with E-state index in [1.807, 2.05) is 6.92 Å². The second-order valence-electron chi connectivity index (χ2n) is 7.47. The normalized spacial score (nSPS) is 13.5. The third-order valence-corrected chi connectivity index (χ3v) is 6.88. The first-order chi connectivity index (χ1) is 15.4. The van der Waals surface area contributed by atoms with Gasteiger partial charge in [0.25, 0.3) is 11.5 Å². The minimum absolute atomic E-state index is 0.183. The summed E-state index contributed by atoms with van der Waals surface area (Å²) in [6.07, 6.45) is 5.13. The van der Waals surface area contributed by atoms with E-state index in [1.165, 1.54) is 15.9 Å². The lowest BCUT2D eigenvalue weighted by molar-refractivity contribution is 0.0688. The fraction of sp³-hybridized carbons (Fsp3) is 0.182. The van der Waals surface area contributed by atoms with E-state index in [-0.39, 0.29) is 11.5 Å². The Bertz CT molecular complexity index is 1410. The van der Waals surface area contributed by atoms with Crippen LogP contribution in [0.25, 0.3) is 16.3 Å². The standard InChI is InChI=1S/C22H17Cl2N5O2S/c1-13-10-28(12-26-13)18-4-5-19-21(30)27(6-7-29(19)22(18)31)11-15-9-25-20(32-15)16-8-14(23)2-3-17(16)24/h2-5,8-10,12H,6-7,11H2,1H3. The first-order valence-corrected chi connectivity index (χ1v) is 11.4. The van der Waals surface area contributed by atoms with E-state index in [4.69, 9.17) is 23.2 Å². The van der Waals surface area contributed by atoms with Crippen molar-refractivity contribution in [3.05, 3.63) is 85.7 Å². The average Bonchev–Trinajstić information content (AvgIpc) is 3.41. The van der Waals surface area contributed by atoms with Crippen molar-refractivity contribution >= 4 is 40.4 Å². The number of nitrogens with zero attached hydrogens (tertiary/aromatic N) is 5. The Hall–Kier alpha value is -2.94. The van der Waals surface area contributed by atoms with Crippen molar-refractivity contribution in [1.29, 1.82) is 0 Å². The van der Waals surface area contributed by atoms with E-state index < -0.39 is 0 Å². The molecule has 10 heteroatoms. The number of aryl methyl sites for hydroxylation is 1. The van der Waals surface area contributed by atoms with Crippen LogP contribution in [0.5, 0.6) is 0 Å². The number of aromatic nitrogens is 4. The van der Waals surface area contributed by atoms with Gasteiger partial charge in [0.05, 0.1) is 23.6 Å². The number of rotatable bonds is 4. The number of amides is 1. The smallest absolute Gasteiger partial charge is 0.275 e. The molecule has 1 aliphatic rings. The molecule has 0 unspecified atom stereocenters. The molecule has 162 valence electrons. The molecule has 0 spiro atoms. The van der Waals surface area contributed by atoms with Gasteiger partial charge in [-0.2, -0.15) is 0 Å². The zero-order valence-electron chi connectivity index (χ0n) is 17.0. The van der Waals surface area contributed by atoms with Crippen LogP contribution in [0.3, 0.4) is 0 Å². The molecule has 0 radical (unpaired) electrons. The van der Waals surface area contributed by atoms with Gasteiger partial charge in [-0.05, 0) is 37.3 Å². The van der Waals surface area contributed by atoms with Crippen molar-refractivity contribution in [2.75, 3.05) is 6.54 Å². The summed E-state index contributed by atoms with van der Waals surface area (Å²) in [4.78, 5) is 37.3. The van der Waals surface area contributed by atoms with Crippen LogP contribution in [0.4, 0.5) is 0 Å². The van der Waals surface area contributed by atoms with Gasteiger partial charge in [0.15, 0.2) is 0 Å². The Labute approximate surface area is 197 Å². The molecule has 0 saturated heterocycles. The quantitative estimate of drug-likeness (QED) is 0.428. The number of hydrogen-bond acceptors (Lipinski definition) is 5. The van der Waals surface area contributed by atoms with Crippen LogP contribution in [-0.4, -0.2) is 36.5 Å². The molecule has 32 heavy (non-hydrogen) atoms. The summed E-state index contributed by atoms with van der Waals surface area (Å²) in [5.41, 5.74) is 2.23. The van der Waals surface area contributed by atoms with Gasteiger partial charge in [-0.3, -0.25) is 9.59 Å². The van der Waals surface area contributed by atoms with Crippen LogP contribution in [0.2, 0.25) is 10.0 Å². The maximum atomic E-state index is 13.1. The van der Waals surface area contributed by atoms with Gasteiger partial charge in [0, 0.05) is 40.9 Å². The zero-order chi connectivity index (χ0) is 22.4. The Morgan fingerprint density at radius 3 is 2.72 bits per heavy atom. The molecule has 1 aromatic carbocycles. The predicted octanol–water partition coefficient (Wildman–Crippen LogP) is 4.43. The summed E-state index contributed by atoms with van der Waals surface area (Å²) in [7, 11) is 0. The largest absolute Gasteiger partial charge is 0.330 e. The minimum Gasteiger partial charge on any atom is -0.330 e. The van der Waals surface area contributed by atoms with Gasteiger partial charge in [-0.25, -0.2) is 9.97 Å². The Morgan fingerprint density at radius 1 is 1.09 bits per heavy atom. The van der Waals surface area contributed by atoms with Gasteiger partial charge < -0.3 is 14.0 Å². The number of carbonyl (C=O) groups is 1. The Balaban J connectivity index is 1.39. The topological polar surface area (TPSA) is 73.0 Å². The SMILES string of the molecule is Cc1cn(-c2ccc3n(c2=O)CCN(Cc2cnc(-c4cc(Cl)ccc4Cl)s2)C3=O)cn1. The third kappa shape index (κ3) is 3.74. The number of thiazole rings is 1. The molecule has 0 bridgehead atoms. The van der Waals surface area contributed by atoms with Crippen LogP contribution < -0.4 is 5.56 Å². The highest BCUT2D eigenvalue weighted by Gasteiger charge is 2.27. The Morgan fingerprint density at radius 2 is 1.94 bits per heavy atom. The predicted molar refractivity (Wildman–Crippen MR) is 125 cm³/mol. The summed E-state index contributed by atoms with van der Waals surface area (Å²) in [5.74, 6) is -0.183. The number of hydrogen-bond donors (Lipinski definition) is 0. The molecular formula is C22H17Cl2N5O2S. The number of halogens is 2. The molecule has 4 heterocycles. The number of carbonyl (C=O) groups excluding carboxylic acids is 1. The van der Waals surface area contributed by atoms with E-state index in [1.54, 1.807) is 58.5 Å². The van der Waals surface area contributed by atoms with Crippen molar-refractivity contribution in [2.45, 2.75) is 20.0 Å².